The summed E-state index contributed by atoms with van der Waals surface area (Å²) in [5.74, 6) is 1.30. The highest BCUT2D eigenvalue weighted by Crippen LogP contribution is 2.41. The highest BCUT2D eigenvalue weighted by Gasteiger charge is 2.38. The van der Waals surface area contributed by atoms with Crippen molar-refractivity contribution in [2.24, 2.45) is 11.8 Å². The molecule has 0 aromatic heterocycles. The average Bonchev–Trinajstić information content (AvgIpc) is 2.97. The van der Waals surface area contributed by atoms with Gasteiger partial charge in [0.15, 0.2) is 0 Å². The number of alkyl halides is 2. The molecule has 1 unspecified atom stereocenters. The molecule has 2 fully saturated rings. The smallest absolute Gasteiger partial charge is 0.309 e. The molecule has 0 saturated heterocycles. The molecule has 41 heavy (non-hydrogen) atoms. The normalized spacial score (nSPS) is 24.5. The van der Waals surface area contributed by atoms with E-state index in [-0.39, 0.29) is 5.92 Å². The molecular formula is C37H51F3O. The Bertz CT molecular complexity index is 1080. The molecule has 4 rings (SSSR count). The van der Waals surface area contributed by atoms with Crippen LogP contribution in [0.25, 0.3) is 0 Å². The number of benzene rings is 2. The molecule has 0 spiro atoms. The van der Waals surface area contributed by atoms with Crippen LogP contribution >= 0.6 is 0 Å². The molecule has 226 valence electrons. The molecule has 1 atom stereocenters. The van der Waals surface area contributed by atoms with E-state index in [0.29, 0.717) is 17.4 Å². The summed E-state index contributed by atoms with van der Waals surface area (Å²) in [7, 11) is 0. The first-order valence-corrected chi connectivity index (χ1v) is 16.4. The van der Waals surface area contributed by atoms with Crippen molar-refractivity contribution in [2.75, 3.05) is 0 Å². The van der Waals surface area contributed by atoms with Crippen LogP contribution in [0.3, 0.4) is 0 Å². The standard InChI is InChI=1S/C37H51F3O/c1-4-6-7-8-9-11-29-14-16-31(17-15-29)32-22-20-30(21-23-32)27(3)41-37(39,40)35-25-24-34(26-36(35)38)33-18-12-28(10-5-2)13-19-33/h5,10,20-29,31,33H,4,6-9,11-19H2,1-3H3/b10-5+. The zero-order valence-electron chi connectivity index (χ0n) is 25.5. The van der Waals surface area contributed by atoms with Gasteiger partial charge in [0, 0.05) is 0 Å². The third-order valence-corrected chi connectivity index (χ3v) is 9.78. The Hall–Kier alpha value is -2.07. The van der Waals surface area contributed by atoms with E-state index in [1.807, 2.05) is 19.1 Å². The van der Waals surface area contributed by atoms with Crippen molar-refractivity contribution in [1.29, 1.82) is 0 Å². The summed E-state index contributed by atoms with van der Waals surface area (Å²) in [4.78, 5) is 0. The van der Waals surface area contributed by atoms with Crippen LogP contribution in [0.2, 0.25) is 0 Å². The molecule has 4 heteroatoms. The largest absolute Gasteiger partial charge is 0.386 e. The Morgan fingerprint density at radius 2 is 1.44 bits per heavy atom. The molecule has 2 saturated carbocycles. The number of ether oxygens (including phenoxy) is 1. The van der Waals surface area contributed by atoms with E-state index in [0.717, 1.165) is 37.2 Å². The van der Waals surface area contributed by atoms with Gasteiger partial charge in [-0.2, -0.15) is 8.78 Å². The Kier molecular flexibility index (Phi) is 12.0. The van der Waals surface area contributed by atoms with Crippen molar-refractivity contribution < 1.29 is 17.9 Å². The van der Waals surface area contributed by atoms with Gasteiger partial charge in [-0.3, -0.25) is 0 Å². The second-order valence-corrected chi connectivity index (χ2v) is 12.7. The zero-order chi connectivity index (χ0) is 29.2. The van der Waals surface area contributed by atoms with Gasteiger partial charge in [0.1, 0.15) is 5.82 Å². The van der Waals surface area contributed by atoms with Crippen molar-refractivity contribution in [3.05, 3.63) is 82.7 Å². The predicted molar refractivity (Wildman–Crippen MR) is 164 cm³/mol. The predicted octanol–water partition coefficient (Wildman–Crippen LogP) is 12.1. The Morgan fingerprint density at radius 1 is 0.829 bits per heavy atom. The number of allylic oxidation sites excluding steroid dienone is 2. The van der Waals surface area contributed by atoms with Crippen molar-refractivity contribution in [2.45, 2.75) is 135 Å². The summed E-state index contributed by atoms with van der Waals surface area (Å²) < 4.78 is 50.5. The minimum atomic E-state index is -3.71. The van der Waals surface area contributed by atoms with Crippen LogP contribution in [0, 0.1) is 17.7 Å². The van der Waals surface area contributed by atoms with E-state index in [9.17, 15) is 4.39 Å². The van der Waals surface area contributed by atoms with Gasteiger partial charge in [0.25, 0.3) is 0 Å². The first-order valence-electron chi connectivity index (χ1n) is 16.4. The Morgan fingerprint density at radius 3 is 2.07 bits per heavy atom. The van der Waals surface area contributed by atoms with Gasteiger partial charge >= 0.3 is 6.11 Å². The van der Waals surface area contributed by atoms with E-state index in [1.54, 1.807) is 13.0 Å². The van der Waals surface area contributed by atoms with Gasteiger partial charge in [0.2, 0.25) is 0 Å². The molecule has 2 aromatic rings. The zero-order valence-corrected chi connectivity index (χ0v) is 25.5. The van der Waals surface area contributed by atoms with Gasteiger partial charge in [-0.1, -0.05) is 87.9 Å². The van der Waals surface area contributed by atoms with Crippen molar-refractivity contribution >= 4 is 0 Å². The van der Waals surface area contributed by atoms with Gasteiger partial charge < -0.3 is 4.74 Å². The molecule has 2 aromatic carbocycles. The van der Waals surface area contributed by atoms with E-state index >= 15 is 8.78 Å². The average molecular weight is 569 g/mol. The molecule has 0 heterocycles. The van der Waals surface area contributed by atoms with Gasteiger partial charge in [-0.15, -0.1) is 0 Å². The van der Waals surface area contributed by atoms with Crippen molar-refractivity contribution in [3.8, 4) is 0 Å². The second kappa shape index (κ2) is 15.4. The maximum atomic E-state index is 15.1. The lowest BCUT2D eigenvalue weighted by Crippen LogP contribution is -2.22. The monoisotopic (exact) mass is 568 g/mol. The van der Waals surface area contributed by atoms with Crippen LogP contribution in [0.5, 0.6) is 0 Å². The number of halogens is 3. The molecule has 0 bridgehead atoms. The third kappa shape index (κ3) is 8.96. The molecule has 0 radical (unpaired) electrons. The van der Waals surface area contributed by atoms with Crippen LogP contribution in [0.1, 0.15) is 151 Å². The molecule has 0 aliphatic heterocycles. The summed E-state index contributed by atoms with van der Waals surface area (Å²) >= 11 is 0. The SMILES string of the molecule is C/C=C/C1CCC(c2ccc(C(F)(F)OC(C)c3ccc(C4CCC(CCCCCCC)CC4)cc3)c(F)c2)CC1. The number of unbranched alkanes of at least 4 members (excludes halogenated alkanes) is 4. The number of rotatable bonds is 13. The second-order valence-electron chi connectivity index (χ2n) is 12.7. The lowest BCUT2D eigenvalue weighted by molar-refractivity contribution is -0.273. The summed E-state index contributed by atoms with van der Waals surface area (Å²) in [6.45, 7) is 5.90. The summed E-state index contributed by atoms with van der Waals surface area (Å²) in [5.41, 5.74) is 2.10. The van der Waals surface area contributed by atoms with Crippen LogP contribution in [-0.2, 0) is 10.8 Å². The van der Waals surface area contributed by atoms with Crippen LogP contribution in [-0.4, -0.2) is 0 Å². The first kappa shape index (κ1) is 31.9. The molecule has 2 aliphatic rings. The maximum absolute atomic E-state index is 15.1. The lowest BCUT2D eigenvalue weighted by Gasteiger charge is -2.29. The number of hydrogen-bond donors (Lipinski definition) is 0. The fraction of sp³-hybridized carbons (Fsp3) is 0.622. The molecule has 0 N–H and O–H groups in total. The molecular weight excluding hydrogens is 517 g/mol. The fourth-order valence-electron chi connectivity index (χ4n) is 7.15. The first-order chi connectivity index (χ1) is 19.8. The highest BCUT2D eigenvalue weighted by atomic mass is 19.3. The van der Waals surface area contributed by atoms with Gasteiger partial charge in [0.05, 0.1) is 11.7 Å². The van der Waals surface area contributed by atoms with Crippen molar-refractivity contribution in [3.63, 3.8) is 0 Å². The molecule has 0 amide bonds. The van der Waals surface area contributed by atoms with Crippen LogP contribution in [0.15, 0.2) is 54.6 Å². The van der Waals surface area contributed by atoms with Crippen molar-refractivity contribution in [1.82, 2.24) is 0 Å². The van der Waals surface area contributed by atoms with Gasteiger partial charge in [-0.05, 0) is 118 Å². The summed E-state index contributed by atoms with van der Waals surface area (Å²) in [5, 5.41) is 0. The quantitative estimate of drug-likeness (QED) is 0.172. The van der Waals surface area contributed by atoms with E-state index in [4.69, 9.17) is 4.74 Å². The highest BCUT2D eigenvalue weighted by molar-refractivity contribution is 5.30. The minimum Gasteiger partial charge on any atom is -0.309 e. The van der Waals surface area contributed by atoms with Crippen LogP contribution < -0.4 is 0 Å². The van der Waals surface area contributed by atoms with Gasteiger partial charge in [-0.25, -0.2) is 4.39 Å². The van der Waals surface area contributed by atoms with E-state index in [1.165, 1.54) is 81.9 Å². The maximum Gasteiger partial charge on any atom is 0.386 e. The minimum absolute atomic E-state index is 0.220. The Balaban J connectivity index is 1.28. The number of hydrogen-bond acceptors (Lipinski definition) is 1. The molecule has 2 aliphatic carbocycles. The third-order valence-electron chi connectivity index (χ3n) is 9.78. The molecule has 1 nitrogen and oxygen atoms in total. The summed E-state index contributed by atoms with van der Waals surface area (Å²) in [6, 6.07) is 12.1. The Labute approximate surface area is 247 Å². The van der Waals surface area contributed by atoms with E-state index < -0.39 is 23.6 Å². The topological polar surface area (TPSA) is 9.23 Å². The summed E-state index contributed by atoms with van der Waals surface area (Å²) in [6.07, 6.45) is 16.8. The lowest BCUT2D eigenvalue weighted by atomic mass is 9.77. The van der Waals surface area contributed by atoms with Crippen LogP contribution in [0.4, 0.5) is 13.2 Å². The van der Waals surface area contributed by atoms with E-state index in [2.05, 4.69) is 31.2 Å². The fourth-order valence-corrected chi connectivity index (χ4v) is 7.15.